The van der Waals surface area contributed by atoms with Crippen LogP contribution in [0.2, 0.25) is 0 Å². The molecular weight excluding hydrogens is 190 g/mol. The number of hydrogen-bond donors (Lipinski definition) is 0. The summed E-state index contributed by atoms with van der Waals surface area (Å²) in [5, 5.41) is 0. The van der Waals surface area contributed by atoms with Crippen molar-refractivity contribution in [1.82, 2.24) is 4.90 Å². The molecule has 3 nitrogen and oxygen atoms in total. The van der Waals surface area contributed by atoms with E-state index in [1.165, 1.54) is 0 Å². The summed E-state index contributed by atoms with van der Waals surface area (Å²) in [5.41, 5.74) is 0. The number of rotatable bonds is 6. The zero-order chi connectivity index (χ0) is 11.1. The molecule has 0 aromatic heterocycles. The number of nitrogens with zero attached hydrogens (tertiary/aromatic N) is 1. The average Bonchev–Trinajstić information content (AvgIpc) is 2.18. The molecule has 1 aromatic carbocycles. The summed E-state index contributed by atoms with van der Waals surface area (Å²) in [6.07, 6.45) is 0. The van der Waals surface area contributed by atoms with Gasteiger partial charge in [-0.3, -0.25) is 0 Å². The molecule has 0 radical (unpaired) electrons. The summed E-state index contributed by atoms with van der Waals surface area (Å²) in [5.74, 6) is 1.72. The van der Waals surface area contributed by atoms with Gasteiger partial charge in [-0.05, 0) is 33.2 Å². The molecule has 0 aliphatic rings. The minimum absolute atomic E-state index is 0.682. The standard InChI is InChI=1S/C12H19NO2/c1-4-14-11-6-5-7-12(10-11)15-9-8-13(2)3/h5-7,10H,4,8-9H2,1-3H3. The molecule has 0 saturated heterocycles. The molecule has 0 aliphatic carbocycles. The highest BCUT2D eigenvalue weighted by atomic mass is 16.5. The van der Waals surface area contributed by atoms with Gasteiger partial charge in [-0.1, -0.05) is 6.07 Å². The van der Waals surface area contributed by atoms with Gasteiger partial charge >= 0.3 is 0 Å². The molecule has 0 aliphatic heterocycles. The van der Waals surface area contributed by atoms with E-state index < -0.39 is 0 Å². The van der Waals surface area contributed by atoms with Crippen LogP contribution < -0.4 is 9.47 Å². The molecule has 0 heterocycles. The quantitative estimate of drug-likeness (QED) is 0.715. The molecule has 15 heavy (non-hydrogen) atoms. The van der Waals surface area contributed by atoms with Crippen molar-refractivity contribution in [2.75, 3.05) is 33.9 Å². The Labute approximate surface area is 91.6 Å². The fourth-order valence-electron chi connectivity index (χ4n) is 1.17. The summed E-state index contributed by atoms with van der Waals surface area (Å²) in [6.45, 7) is 4.27. The molecular formula is C12H19NO2. The van der Waals surface area contributed by atoms with Gasteiger partial charge in [0.25, 0.3) is 0 Å². The van der Waals surface area contributed by atoms with E-state index in [1.807, 2.05) is 45.3 Å². The van der Waals surface area contributed by atoms with Crippen molar-refractivity contribution >= 4 is 0 Å². The Morgan fingerprint density at radius 1 is 1.13 bits per heavy atom. The summed E-state index contributed by atoms with van der Waals surface area (Å²) in [6, 6.07) is 7.73. The van der Waals surface area contributed by atoms with Gasteiger partial charge in [0.1, 0.15) is 18.1 Å². The molecule has 0 amide bonds. The zero-order valence-electron chi connectivity index (χ0n) is 9.69. The van der Waals surface area contributed by atoms with Crippen molar-refractivity contribution in [3.05, 3.63) is 24.3 Å². The van der Waals surface area contributed by atoms with E-state index in [0.717, 1.165) is 18.0 Å². The number of likely N-dealkylation sites (N-methyl/N-ethyl adjacent to an activating group) is 1. The first-order chi connectivity index (χ1) is 7.22. The molecule has 0 spiro atoms. The van der Waals surface area contributed by atoms with Crippen LogP contribution in [0.4, 0.5) is 0 Å². The lowest BCUT2D eigenvalue weighted by Crippen LogP contribution is -2.19. The van der Waals surface area contributed by atoms with Crippen LogP contribution >= 0.6 is 0 Å². The van der Waals surface area contributed by atoms with Crippen molar-refractivity contribution in [3.8, 4) is 11.5 Å². The molecule has 0 saturated carbocycles. The summed E-state index contributed by atoms with van der Waals surface area (Å²) in [4.78, 5) is 2.09. The van der Waals surface area contributed by atoms with Crippen molar-refractivity contribution in [1.29, 1.82) is 0 Å². The summed E-state index contributed by atoms with van der Waals surface area (Å²) < 4.78 is 11.0. The Hall–Kier alpha value is -1.22. The molecule has 0 fully saturated rings. The van der Waals surface area contributed by atoms with Gasteiger partial charge < -0.3 is 14.4 Å². The van der Waals surface area contributed by atoms with Crippen LogP contribution in [0.3, 0.4) is 0 Å². The Bertz CT molecular complexity index is 287. The first kappa shape index (κ1) is 11.9. The third kappa shape index (κ3) is 4.70. The van der Waals surface area contributed by atoms with Gasteiger partial charge in [0.2, 0.25) is 0 Å². The topological polar surface area (TPSA) is 21.7 Å². The van der Waals surface area contributed by atoms with Gasteiger partial charge in [-0.15, -0.1) is 0 Å². The predicted molar refractivity (Wildman–Crippen MR) is 61.7 cm³/mol. The van der Waals surface area contributed by atoms with Gasteiger partial charge in [0.05, 0.1) is 6.61 Å². The van der Waals surface area contributed by atoms with E-state index >= 15 is 0 Å². The Morgan fingerprint density at radius 3 is 2.40 bits per heavy atom. The van der Waals surface area contributed by atoms with Crippen molar-refractivity contribution < 1.29 is 9.47 Å². The van der Waals surface area contributed by atoms with Gasteiger partial charge in [-0.25, -0.2) is 0 Å². The minimum atomic E-state index is 0.682. The number of ether oxygens (including phenoxy) is 2. The molecule has 0 unspecified atom stereocenters. The van der Waals surface area contributed by atoms with Crippen LogP contribution in [0, 0.1) is 0 Å². The Kier molecular flexibility index (Phi) is 4.98. The summed E-state index contributed by atoms with van der Waals surface area (Å²) in [7, 11) is 4.06. The molecule has 1 aromatic rings. The lowest BCUT2D eigenvalue weighted by atomic mass is 10.3. The fraction of sp³-hybridized carbons (Fsp3) is 0.500. The van der Waals surface area contributed by atoms with Crippen molar-refractivity contribution in [3.63, 3.8) is 0 Å². The number of benzene rings is 1. The average molecular weight is 209 g/mol. The molecule has 1 rings (SSSR count). The molecule has 3 heteroatoms. The zero-order valence-corrected chi connectivity index (χ0v) is 9.69. The molecule has 0 N–H and O–H groups in total. The van der Waals surface area contributed by atoms with Crippen LogP contribution in [0.5, 0.6) is 11.5 Å². The fourth-order valence-corrected chi connectivity index (χ4v) is 1.17. The second-order valence-corrected chi connectivity index (χ2v) is 3.56. The normalized spacial score (nSPS) is 10.4. The summed E-state index contributed by atoms with van der Waals surface area (Å²) >= 11 is 0. The number of hydrogen-bond acceptors (Lipinski definition) is 3. The van der Waals surface area contributed by atoms with E-state index in [9.17, 15) is 0 Å². The van der Waals surface area contributed by atoms with Crippen LogP contribution in [-0.2, 0) is 0 Å². The highest BCUT2D eigenvalue weighted by Gasteiger charge is 1.97. The first-order valence-corrected chi connectivity index (χ1v) is 5.22. The maximum Gasteiger partial charge on any atom is 0.123 e. The van der Waals surface area contributed by atoms with Gasteiger partial charge in [-0.2, -0.15) is 0 Å². The van der Waals surface area contributed by atoms with E-state index in [-0.39, 0.29) is 0 Å². The molecule has 0 atom stereocenters. The largest absolute Gasteiger partial charge is 0.494 e. The molecule has 84 valence electrons. The maximum absolute atomic E-state index is 5.58. The lowest BCUT2D eigenvalue weighted by molar-refractivity contribution is 0.259. The second kappa shape index (κ2) is 6.30. The van der Waals surface area contributed by atoms with E-state index in [1.54, 1.807) is 0 Å². The highest BCUT2D eigenvalue weighted by Crippen LogP contribution is 2.19. The smallest absolute Gasteiger partial charge is 0.123 e. The van der Waals surface area contributed by atoms with Crippen molar-refractivity contribution in [2.24, 2.45) is 0 Å². The first-order valence-electron chi connectivity index (χ1n) is 5.22. The van der Waals surface area contributed by atoms with Crippen LogP contribution in [0.1, 0.15) is 6.92 Å². The SMILES string of the molecule is CCOc1cccc(OCCN(C)C)c1. The van der Waals surface area contributed by atoms with Crippen LogP contribution in [0.15, 0.2) is 24.3 Å². The highest BCUT2D eigenvalue weighted by molar-refractivity contribution is 5.32. The Morgan fingerprint density at radius 2 is 1.80 bits per heavy atom. The monoisotopic (exact) mass is 209 g/mol. The van der Waals surface area contributed by atoms with E-state index in [4.69, 9.17) is 9.47 Å². The lowest BCUT2D eigenvalue weighted by Gasteiger charge is -2.11. The maximum atomic E-state index is 5.58. The van der Waals surface area contributed by atoms with Crippen molar-refractivity contribution in [2.45, 2.75) is 6.92 Å². The third-order valence-corrected chi connectivity index (χ3v) is 1.92. The van der Waals surface area contributed by atoms with Gasteiger partial charge in [0, 0.05) is 12.6 Å². The van der Waals surface area contributed by atoms with E-state index in [2.05, 4.69) is 4.90 Å². The second-order valence-electron chi connectivity index (χ2n) is 3.56. The van der Waals surface area contributed by atoms with Crippen LogP contribution in [-0.4, -0.2) is 38.8 Å². The Balaban J connectivity index is 2.43. The third-order valence-electron chi connectivity index (χ3n) is 1.92. The van der Waals surface area contributed by atoms with Gasteiger partial charge in [0.15, 0.2) is 0 Å². The minimum Gasteiger partial charge on any atom is -0.494 e. The van der Waals surface area contributed by atoms with Crippen LogP contribution in [0.25, 0.3) is 0 Å². The predicted octanol–water partition coefficient (Wildman–Crippen LogP) is 2.03. The molecule has 0 bridgehead atoms. The van der Waals surface area contributed by atoms with E-state index in [0.29, 0.717) is 13.2 Å².